The fraction of sp³-hybridized carbons (Fsp3) is 0.280. The van der Waals surface area contributed by atoms with Gasteiger partial charge in [0.15, 0.2) is 5.75 Å². The van der Waals surface area contributed by atoms with Crippen LogP contribution < -0.4 is 4.74 Å². The molecule has 1 atom stereocenters. The highest BCUT2D eigenvalue weighted by Crippen LogP contribution is 2.32. The molecule has 0 amide bonds. The third kappa shape index (κ3) is 5.74. The lowest BCUT2D eigenvalue weighted by atomic mass is 9.94. The van der Waals surface area contributed by atoms with Crippen molar-refractivity contribution < 1.29 is 9.53 Å². The van der Waals surface area contributed by atoms with Crippen LogP contribution in [-0.2, 0) is 11.2 Å². The van der Waals surface area contributed by atoms with E-state index >= 15 is 0 Å². The highest BCUT2D eigenvalue weighted by Gasteiger charge is 2.29. The molecule has 0 spiro atoms. The number of aromatic nitrogens is 3. The first-order valence-electron chi connectivity index (χ1n) is 10.2. The van der Waals surface area contributed by atoms with Crippen LogP contribution in [0.3, 0.4) is 0 Å². The molecule has 1 aromatic carbocycles. The van der Waals surface area contributed by atoms with Crippen molar-refractivity contribution in [3.8, 4) is 23.5 Å². The van der Waals surface area contributed by atoms with Crippen LogP contribution in [0.2, 0.25) is 0 Å². The molecule has 2 aromatic heterocycles. The number of ketones is 1. The average molecular weight is 397 g/mol. The Labute approximate surface area is 176 Å². The van der Waals surface area contributed by atoms with Crippen LogP contribution in [0, 0.1) is 23.7 Å². The van der Waals surface area contributed by atoms with Crippen molar-refractivity contribution >= 4 is 5.78 Å². The molecule has 5 nitrogen and oxygen atoms in total. The second-order valence-corrected chi connectivity index (χ2v) is 7.76. The molecule has 5 heteroatoms. The summed E-state index contributed by atoms with van der Waals surface area (Å²) in [5.74, 6) is 8.46. The maximum absolute atomic E-state index is 12.0. The van der Waals surface area contributed by atoms with Crippen molar-refractivity contribution in [2.24, 2.45) is 11.8 Å². The lowest BCUT2D eigenvalue weighted by molar-refractivity contribution is -0.121. The predicted octanol–water partition coefficient (Wildman–Crippen LogP) is 4.61. The first-order valence-corrected chi connectivity index (χ1v) is 10.2. The molecule has 1 unspecified atom stereocenters. The zero-order valence-corrected chi connectivity index (χ0v) is 16.9. The smallest absolute Gasteiger partial charge is 0.219 e. The maximum atomic E-state index is 12.0. The number of hydrogen-bond acceptors (Lipinski definition) is 5. The van der Waals surface area contributed by atoms with Crippen LogP contribution in [0.1, 0.15) is 42.9 Å². The van der Waals surface area contributed by atoms with Gasteiger partial charge in [-0.15, -0.1) is 0 Å². The highest BCUT2D eigenvalue weighted by molar-refractivity contribution is 5.83. The molecule has 0 radical (unpaired) electrons. The van der Waals surface area contributed by atoms with Crippen molar-refractivity contribution in [3.63, 3.8) is 0 Å². The lowest BCUT2D eigenvalue weighted by Gasteiger charge is -2.10. The largest absolute Gasteiger partial charge is 0.436 e. The molecular weight excluding hydrogens is 374 g/mol. The summed E-state index contributed by atoms with van der Waals surface area (Å²) >= 11 is 0. The van der Waals surface area contributed by atoms with Crippen LogP contribution in [0.15, 0.2) is 61.3 Å². The van der Waals surface area contributed by atoms with Crippen LogP contribution in [0.4, 0.5) is 0 Å². The number of carbonyl (C=O) groups is 1. The molecule has 0 aliphatic heterocycles. The second kappa shape index (κ2) is 9.32. The summed E-state index contributed by atoms with van der Waals surface area (Å²) in [6, 6.07) is 11.9. The van der Waals surface area contributed by atoms with Gasteiger partial charge in [-0.25, -0.2) is 15.0 Å². The van der Waals surface area contributed by atoms with E-state index in [1.54, 1.807) is 24.7 Å². The SMILES string of the molecule is CC(CC(=O)C1CC1)Cc1ccc(C#Cc2ccc(Oc3cncnc3)nc2)cc1. The summed E-state index contributed by atoms with van der Waals surface area (Å²) in [6.45, 7) is 2.15. The Bertz CT molecular complexity index is 1050. The molecule has 1 aliphatic carbocycles. The number of carbonyl (C=O) groups excluding carboxylic acids is 1. The van der Waals surface area contributed by atoms with E-state index in [1.807, 2.05) is 18.2 Å². The standard InChI is InChI=1S/C25H23N3O2/c1-18(13-24(29)22-9-10-22)12-20-5-2-19(3-6-20)4-7-21-8-11-25(28-14-21)30-23-15-26-17-27-16-23/h2-3,5-6,8,11,14-18,22H,9-10,12-13H2,1H3. The summed E-state index contributed by atoms with van der Waals surface area (Å²) < 4.78 is 5.58. The molecule has 0 N–H and O–H groups in total. The molecule has 3 aromatic rings. The molecule has 4 rings (SSSR count). The minimum atomic E-state index is 0.354. The van der Waals surface area contributed by atoms with Gasteiger partial charge in [-0.1, -0.05) is 30.9 Å². The minimum Gasteiger partial charge on any atom is -0.436 e. The number of hydrogen-bond donors (Lipinski definition) is 0. The lowest BCUT2D eigenvalue weighted by Crippen LogP contribution is -2.09. The van der Waals surface area contributed by atoms with E-state index in [1.165, 1.54) is 11.9 Å². The molecular formula is C25H23N3O2. The van der Waals surface area contributed by atoms with Crippen molar-refractivity contribution in [1.82, 2.24) is 15.0 Å². The summed E-state index contributed by atoms with van der Waals surface area (Å²) in [6.07, 6.45) is 10.1. The Hall–Kier alpha value is -3.52. The van der Waals surface area contributed by atoms with Gasteiger partial charge in [0, 0.05) is 35.7 Å². The molecule has 0 saturated heterocycles. The fourth-order valence-corrected chi connectivity index (χ4v) is 3.23. The third-order valence-electron chi connectivity index (χ3n) is 4.97. The molecule has 30 heavy (non-hydrogen) atoms. The summed E-state index contributed by atoms with van der Waals surface area (Å²) in [7, 11) is 0. The van der Waals surface area contributed by atoms with Crippen LogP contribution in [0.5, 0.6) is 11.6 Å². The monoisotopic (exact) mass is 397 g/mol. The van der Waals surface area contributed by atoms with Gasteiger partial charge in [-0.2, -0.15) is 0 Å². The number of ether oxygens (including phenoxy) is 1. The number of rotatable bonds is 7. The van der Waals surface area contributed by atoms with Gasteiger partial charge in [0.25, 0.3) is 0 Å². The molecule has 1 aliphatic rings. The number of benzene rings is 1. The van der Waals surface area contributed by atoms with E-state index < -0.39 is 0 Å². The minimum absolute atomic E-state index is 0.354. The van der Waals surface area contributed by atoms with Crippen molar-refractivity contribution in [2.45, 2.75) is 32.6 Å². The first kappa shape index (κ1) is 19.8. The molecule has 0 bridgehead atoms. The second-order valence-electron chi connectivity index (χ2n) is 7.76. The van der Waals surface area contributed by atoms with Crippen LogP contribution in [0.25, 0.3) is 0 Å². The van der Waals surface area contributed by atoms with Crippen LogP contribution >= 0.6 is 0 Å². The van der Waals surface area contributed by atoms with Crippen molar-refractivity contribution in [3.05, 3.63) is 78.0 Å². The zero-order valence-electron chi connectivity index (χ0n) is 16.9. The van der Waals surface area contributed by atoms with E-state index in [2.05, 4.69) is 45.8 Å². The van der Waals surface area contributed by atoms with Gasteiger partial charge in [0.1, 0.15) is 12.1 Å². The van der Waals surface area contributed by atoms with E-state index in [-0.39, 0.29) is 0 Å². The van der Waals surface area contributed by atoms with Crippen molar-refractivity contribution in [1.29, 1.82) is 0 Å². The summed E-state index contributed by atoms with van der Waals surface area (Å²) in [5.41, 5.74) is 3.00. The molecule has 1 saturated carbocycles. The topological polar surface area (TPSA) is 65.0 Å². The Balaban J connectivity index is 1.31. The van der Waals surface area contributed by atoms with Gasteiger partial charge >= 0.3 is 0 Å². The van der Waals surface area contributed by atoms with Gasteiger partial charge in [0.05, 0.1) is 12.4 Å². The third-order valence-corrected chi connectivity index (χ3v) is 4.97. The number of nitrogens with zero attached hydrogens (tertiary/aromatic N) is 3. The Morgan fingerprint density at radius 2 is 1.73 bits per heavy atom. The normalized spacial score (nSPS) is 13.8. The Kier molecular flexibility index (Phi) is 6.14. The van der Waals surface area contributed by atoms with Crippen LogP contribution in [-0.4, -0.2) is 20.7 Å². The highest BCUT2D eigenvalue weighted by atomic mass is 16.5. The van der Waals surface area contributed by atoms with Gasteiger partial charge < -0.3 is 4.74 Å². The van der Waals surface area contributed by atoms with Gasteiger partial charge in [-0.3, -0.25) is 4.79 Å². The summed E-state index contributed by atoms with van der Waals surface area (Å²) in [4.78, 5) is 24.0. The quantitative estimate of drug-likeness (QED) is 0.545. The Morgan fingerprint density at radius 3 is 2.40 bits per heavy atom. The van der Waals surface area contributed by atoms with Crippen molar-refractivity contribution in [2.75, 3.05) is 0 Å². The maximum Gasteiger partial charge on any atom is 0.219 e. The van der Waals surface area contributed by atoms with E-state index in [0.717, 1.165) is 30.4 Å². The zero-order chi connectivity index (χ0) is 20.8. The van der Waals surface area contributed by atoms with Gasteiger partial charge in [-0.05, 0) is 48.9 Å². The van der Waals surface area contributed by atoms with E-state index in [0.29, 0.717) is 35.7 Å². The molecule has 1 fully saturated rings. The van der Waals surface area contributed by atoms with Gasteiger partial charge in [0.2, 0.25) is 5.88 Å². The number of Topliss-reactive ketones (excluding diaryl/α,β-unsaturated/α-hetero) is 1. The fourth-order valence-electron chi connectivity index (χ4n) is 3.23. The van der Waals surface area contributed by atoms with E-state index in [4.69, 9.17) is 4.74 Å². The predicted molar refractivity (Wildman–Crippen MR) is 114 cm³/mol. The average Bonchev–Trinajstić information content (AvgIpc) is 3.61. The Morgan fingerprint density at radius 1 is 1.03 bits per heavy atom. The van der Waals surface area contributed by atoms with E-state index in [9.17, 15) is 4.79 Å². The number of pyridine rings is 1. The summed E-state index contributed by atoms with van der Waals surface area (Å²) in [5, 5.41) is 0. The molecule has 150 valence electrons. The molecule has 2 heterocycles. The first-order chi connectivity index (χ1) is 14.7.